The molecule has 156 valence electrons. The molecule has 28 heavy (non-hydrogen) atoms. The van der Waals surface area contributed by atoms with Crippen molar-refractivity contribution in [2.24, 2.45) is 5.92 Å². The number of rotatable bonds is 11. The van der Waals surface area contributed by atoms with E-state index in [4.69, 9.17) is 4.74 Å². The second-order valence-corrected chi connectivity index (χ2v) is 7.73. The number of methoxy groups -OCH3 is 1. The zero-order chi connectivity index (χ0) is 20.2. The van der Waals surface area contributed by atoms with E-state index in [0.29, 0.717) is 13.0 Å². The molecule has 1 unspecified atom stereocenters. The first-order chi connectivity index (χ1) is 13.6. The number of benzene rings is 1. The first-order valence-corrected chi connectivity index (χ1v) is 10.8. The van der Waals surface area contributed by atoms with Crippen LogP contribution in [0.15, 0.2) is 24.3 Å². The minimum atomic E-state index is -0.0505. The SMILES string of the molecule is CCCCCCNC(=O)C1CCCN(C(=O)CCCc2ccc(OC)cc2)C1. The summed E-state index contributed by atoms with van der Waals surface area (Å²) in [5.74, 6) is 1.09. The van der Waals surface area contributed by atoms with Crippen molar-refractivity contribution in [3.63, 3.8) is 0 Å². The molecule has 1 heterocycles. The summed E-state index contributed by atoms with van der Waals surface area (Å²) >= 11 is 0. The summed E-state index contributed by atoms with van der Waals surface area (Å²) < 4.78 is 5.17. The Balaban J connectivity index is 1.68. The van der Waals surface area contributed by atoms with Crippen LogP contribution in [-0.4, -0.2) is 43.5 Å². The maximum absolute atomic E-state index is 12.6. The Morgan fingerprint density at radius 2 is 1.93 bits per heavy atom. The topological polar surface area (TPSA) is 58.6 Å². The van der Waals surface area contributed by atoms with E-state index in [1.54, 1.807) is 7.11 Å². The number of piperidine rings is 1. The van der Waals surface area contributed by atoms with Crippen molar-refractivity contribution in [3.05, 3.63) is 29.8 Å². The summed E-state index contributed by atoms with van der Waals surface area (Å²) in [4.78, 5) is 26.8. The lowest BCUT2D eigenvalue weighted by Crippen LogP contribution is -2.45. The Labute approximate surface area is 169 Å². The third kappa shape index (κ3) is 7.53. The quantitative estimate of drug-likeness (QED) is 0.584. The van der Waals surface area contributed by atoms with Crippen molar-refractivity contribution >= 4 is 11.8 Å². The van der Waals surface area contributed by atoms with E-state index >= 15 is 0 Å². The molecule has 0 radical (unpaired) electrons. The number of ether oxygens (including phenoxy) is 1. The van der Waals surface area contributed by atoms with Gasteiger partial charge in [0, 0.05) is 26.1 Å². The number of unbranched alkanes of at least 4 members (excludes halogenated alkanes) is 3. The van der Waals surface area contributed by atoms with Crippen LogP contribution in [0.1, 0.15) is 63.9 Å². The van der Waals surface area contributed by atoms with Crippen LogP contribution in [0.3, 0.4) is 0 Å². The van der Waals surface area contributed by atoms with Crippen molar-refractivity contribution in [1.29, 1.82) is 0 Å². The van der Waals surface area contributed by atoms with Gasteiger partial charge in [0.1, 0.15) is 5.75 Å². The van der Waals surface area contributed by atoms with Crippen molar-refractivity contribution < 1.29 is 14.3 Å². The van der Waals surface area contributed by atoms with Crippen LogP contribution >= 0.6 is 0 Å². The molecule has 1 aliphatic rings. The molecule has 5 nitrogen and oxygen atoms in total. The second kappa shape index (κ2) is 12.4. The fourth-order valence-corrected chi connectivity index (χ4v) is 3.72. The average molecular weight is 389 g/mol. The van der Waals surface area contributed by atoms with Gasteiger partial charge in [0.05, 0.1) is 13.0 Å². The van der Waals surface area contributed by atoms with E-state index in [2.05, 4.69) is 12.2 Å². The second-order valence-electron chi connectivity index (χ2n) is 7.73. The van der Waals surface area contributed by atoms with Gasteiger partial charge in [-0.2, -0.15) is 0 Å². The van der Waals surface area contributed by atoms with Gasteiger partial charge >= 0.3 is 0 Å². The number of likely N-dealkylation sites (tertiary alicyclic amines) is 1. The van der Waals surface area contributed by atoms with Crippen molar-refractivity contribution in [1.82, 2.24) is 10.2 Å². The molecule has 0 aliphatic carbocycles. The smallest absolute Gasteiger partial charge is 0.224 e. The number of carbonyl (C=O) groups is 2. The van der Waals surface area contributed by atoms with Crippen LogP contribution in [0.4, 0.5) is 0 Å². The highest BCUT2D eigenvalue weighted by Gasteiger charge is 2.27. The molecule has 1 aromatic carbocycles. The van der Waals surface area contributed by atoms with Gasteiger partial charge in [0.2, 0.25) is 11.8 Å². The zero-order valence-electron chi connectivity index (χ0n) is 17.5. The Bertz CT molecular complexity index is 600. The third-order valence-corrected chi connectivity index (χ3v) is 5.49. The lowest BCUT2D eigenvalue weighted by atomic mass is 9.96. The molecule has 2 rings (SSSR count). The zero-order valence-corrected chi connectivity index (χ0v) is 17.5. The van der Waals surface area contributed by atoms with Crippen LogP contribution in [0, 0.1) is 5.92 Å². The lowest BCUT2D eigenvalue weighted by molar-refractivity contribution is -0.135. The summed E-state index contributed by atoms with van der Waals surface area (Å²) in [7, 11) is 1.66. The van der Waals surface area contributed by atoms with Crippen molar-refractivity contribution in [2.45, 2.75) is 64.7 Å². The predicted octanol–water partition coefficient (Wildman–Crippen LogP) is 3.95. The minimum absolute atomic E-state index is 0.0505. The fourth-order valence-electron chi connectivity index (χ4n) is 3.72. The molecular formula is C23H36N2O3. The van der Waals surface area contributed by atoms with Crippen molar-refractivity contribution in [3.8, 4) is 5.75 Å². The Morgan fingerprint density at radius 1 is 1.14 bits per heavy atom. The van der Waals surface area contributed by atoms with Crippen molar-refractivity contribution in [2.75, 3.05) is 26.7 Å². The summed E-state index contributed by atoms with van der Waals surface area (Å²) in [5.41, 5.74) is 1.22. The molecule has 0 bridgehead atoms. The number of aryl methyl sites for hydroxylation is 1. The van der Waals surface area contributed by atoms with E-state index in [1.165, 1.54) is 24.8 Å². The molecule has 1 saturated heterocycles. The molecular weight excluding hydrogens is 352 g/mol. The highest BCUT2D eigenvalue weighted by molar-refractivity contribution is 5.81. The number of amides is 2. The van der Waals surface area contributed by atoms with Crippen LogP contribution in [0.2, 0.25) is 0 Å². The van der Waals surface area contributed by atoms with Gasteiger partial charge < -0.3 is 15.0 Å². The van der Waals surface area contributed by atoms with Gasteiger partial charge in [-0.1, -0.05) is 38.3 Å². The third-order valence-electron chi connectivity index (χ3n) is 5.49. The van der Waals surface area contributed by atoms with Gasteiger partial charge in [-0.05, 0) is 49.8 Å². The molecule has 0 saturated carbocycles. The molecule has 1 N–H and O–H groups in total. The Hall–Kier alpha value is -2.04. The van der Waals surface area contributed by atoms with Crippen LogP contribution in [0.25, 0.3) is 0 Å². The number of nitrogens with zero attached hydrogens (tertiary/aromatic N) is 1. The van der Waals surface area contributed by atoms with E-state index < -0.39 is 0 Å². The molecule has 2 amide bonds. The Kier molecular flexibility index (Phi) is 9.87. The molecule has 1 fully saturated rings. The van der Waals surface area contributed by atoms with Gasteiger partial charge in [-0.25, -0.2) is 0 Å². The minimum Gasteiger partial charge on any atom is -0.497 e. The number of hydrogen-bond acceptors (Lipinski definition) is 3. The van der Waals surface area contributed by atoms with E-state index in [1.807, 2.05) is 29.2 Å². The maximum Gasteiger partial charge on any atom is 0.224 e. The molecule has 1 atom stereocenters. The monoisotopic (exact) mass is 388 g/mol. The Morgan fingerprint density at radius 3 is 2.64 bits per heavy atom. The summed E-state index contributed by atoms with van der Waals surface area (Å²) in [6.45, 7) is 4.29. The molecule has 0 spiro atoms. The number of carbonyl (C=O) groups excluding carboxylic acids is 2. The first-order valence-electron chi connectivity index (χ1n) is 10.8. The summed E-state index contributed by atoms with van der Waals surface area (Å²) in [6, 6.07) is 8.00. The molecule has 5 heteroatoms. The maximum atomic E-state index is 12.6. The number of nitrogens with one attached hydrogen (secondary N) is 1. The molecule has 0 aromatic heterocycles. The predicted molar refractivity (Wildman–Crippen MR) is 112 cm³/mol. The van der Waals surface area contributed by atoms with Crippen LogP contribution < -0.4 is 10.1 Å². The van der Waals surface area contributed by atoms with Gasteiger partial charge in [0.25, 0.3) is 0 Å². The average Bonchev–Trinajstić information content (AvgIpc) is 2.74. The van der Waals surface area contributed by atoms with E-state index in [-0.39, 0.29) is 17.7 Å². The highest BCUT2D eigenvalue weighted by Crippen LogP contribution is 2.19. The standard InChI is InChI=1S/C23H36N2O3/c1-3-4-5-6-16-24-23(27)20-10-8-17-25(18-20)22(26)11-7-9-19-12-14-21(28-2)15-13-19/h12-15,20H,3-11,16-18H2,1-2H3,(H,24,27). The first kappa shape index (κ1) is 22.3. The summed E-state index contributed by atoms with van der Waals surface area (Å²) in [5, 5.41) is 3.06. The van der Waals surface area contributed by atoms with Crippen LogP contribution in [0.5, 0.6) is 5.75 Å². The normalized spacial score (nSPS) is 16.6. The van der Waals surface area contributed by atoms with E-state index in [0.717, 1.165) is 50.9 Å². The highest BCUT2D eigenvalue weighted by atomic mass is 16.5. The molecule has 1 aromatic rings. The van der Waals surface area contributed by atoms with Crippen LogP contribution in [-0.2, 0) is 16.0 Å². The van der Waals surface area contributed by atoms with Gasteiger partial charge in [-0.3, -0.25) is 9.59 Å². The van der Waals surface area contributed by atoms with E-state index in [9.17, 15) is 9.59 Å². The summed E-state index contributed by atoms with van der Waals surface area (Å²) in [6.07, 6.45) is 8.68. The molecule has 1 aliphatic heterocycles. The lowest BCUT2D eigenvalue weighted by Gasteiger charge is -2.32. The van der Waals surface area contributed by atoms with Gasteiger partial charge in [0.15, 0.2) is 0 Å². The largest absolute Gasteiger partial charge is 0.497 e. The number of hydrogen-bond donors (Lipinski definition) is 1. The fraction of sp³-hybridized carbons (Fsp3) is 0.652. The van der Waals surface area contributed by atoms with Gasteiger partial charge in [-0.15, -0.1) is 0 Å².